The van der Waals surface area contributed by atoms with Crippen molar-refractivity contribution in [1.29, 1.82) is 0 Å². The molecule has 0 amide bonds. The van der Waals surface area contributed by atoms with Crippen LogP contribution in [0.3, 0.4) is 0 Å². The van der Waals surface area contributed by atoms with Crippen LogP contribution in [0.5, 0.6) is 0 Å². The van der Waals surface area contributed by atoms with Crippen molar-refractivity contribution < 1.29 is 4.52 Å². The SMILES string of the molecule is CP(=S)(/C(=C1/CCOP1(=S)c1ccccc1)c1ccccc1)c1ccccc1. The second-order valence-corrected chi connectivity index (χ2v) is 15.9. The summed E-state index contributed by atoms with van der Waals surface area (Å²) < 4.78 is 6.31. The highest BCUT2D eigenvalue weighted by Gasteiger charge is 2.37. The summed E-state index contributed by atoms with van der Waals surface area (Å²) >= 11 is 12.6. The number of benzene rings is 3. The molecule has 28 heavy (non-hydrogen) atoms. The van der Waals surface area contributed by atoms with E-state index in [1.54, 1.807) is 0 Å². The largest absolute Gasteiger partial charge is 0.342 e. The Bertz CT molecular complexity index is 1090. The summed E-state index contributed by atoms with van der Waals surface area (Å²) in [6.07, 6.45) is -1.44. The second-order valence-electron chi connectivity index (χ2n) is 6.89. The maximum atomic E-state index is 6.37. The maximum Gasteiger partial charge on any atom is 0.120 e. The van der Waals surface area contributed by atoms with E-state index in [-0.39, 0.29) is 0 Å². The van der Waals surface area contributed by atoms with Gasteiger partial charge in [-0.1, -0.05) is 115 Å². The fraction of sp³-hybridized carbons (Fsp3) is 0.130. The Hall–Kier alpha value is -1.34. The van der Waals surface area contributed by atoms with E-state index in [0.29, 0.717) is 6.61 Å². The van der Waals surface area contributed by atoms with Gasteiger partial charge in [0.15, 0.2) is 0 Å². The number of hydrogen-bond donors (Lipinski definition) is 0. The minimum atomic E-state index is -2.30. The van der Waals surface area contributed by atoms with Gasteiger partial charge in [0.1, 0.15) is 6.26 Å². The highest BCUT2D eigenvalue weighted by molar-refractivity contribution is 8.24. The van der Waals surface area contributed by atoms with Gasteiger partial charge in [-0.15, -0.1) is 0 Å². The summed E-state index contributed by atoms with van der Waals surface area (Å²) in [6.45, 7) is 2.90. The van der Waals surface area contributed by atoms with Crippen LogP contribution in [0, 0.1) is 0 Å². The van der Waals surface area contributed by atoms with Crippen molar-refractivity contribution in [3.63, 3.8) is 0 Å². The minimum Gasteiger partial charge on any atom is -0.342 e. The van der Waals surface area contributed by atoms with Crippen LogP contribution in [0.1, 0.15) is 12.0 Å². The third-order valence-corrected chi connectivity index (χ3v) is 13.4. The zero-order valence-electron chi connectivity index (χ0n) is 15.7. The minimum absolute atomic E-state index is 0.669. The summed E-state index contributed by atoms with van der Waals surface area (Å²) in [7, 11) is 0. The zero-order chi connectivity index (χ0) is 19.6. The summed E-state index contributed by atoms with van der Waals surface area (Å²) in [6, 6.07) is 29.4. The molecule has 0 spiro atoms. The topological polar surface area (TPSA) is 9.23 Å². The first kappa shape index (κ1) is 20.0. The van der Waals surface area contributed by atoms with Gasteiger partial charge in [0.25, 0.3) is 0 Å². The lowest BCUT2D eigenvalue weighted by molar-refractivity contribution is 0.390. The molecule has 0 radical (unpaired) electrons. The lowest BCUT2D eigenvalue weighted by Crippen LogP contribution is -2.09. The number of hydrogen-bond acceptors (Lipinski definition) is 3. The van der Waals surface area contributed by atoms with Gasteiger partial charge in [-0.05, 0) is 17.5 Å². The average Bonchev–Trinajstić information content (AvgIpc) is 3.12. The van der Waals surface area contributed by atoms with Crippen LogP contribution < -0.4 is 10.6 Å². The molecule has 0 aliphatic carbocycles. The molecular formula is C23H22OP2S2. The molecule has 5 heteroatoms. The highest BCUT2D eigenvalue weighted by Crippen LogP contribution is 2.68. The fourth-order valence-corrected chi connectivity index (χ4v) is 11.9. The first-order valence-corrected chi connectivity index (χ1v) is 15.2. The molecule has 142 valence electrons. The molecule has 1 nitrogen and oxygen atoms in total. The van der Waals surface area contributed by atoms with Crippen molar-refractivity contribution in [2.24, 2.45) is 0 Å². The van der Waals surface area contributed by atoms with Gasteiger partial charge in [-0.25, -0.2) is 0 Å². The molecule has 1 heterocycles. The predicted octanol–water partition coefficient (Wildman–Crippen LogP) is 5.93. The summed E-state index contributed by atoms with van der Waals surface area (Å²) in [4.78, 5) is 0. The molecule has 1 aliphatic heterocycles. The van der Waals surface area contributed by atoms with Gasteiger partial charge in [0, 0.05) is 28.4 Å². The molecule has 3 aromatic rings. The summed E-state index contributed by atoms with van der Waals surface area (Å²) in [5.41, 5.74) is 1.18. The molecule has 4 rings (SSSR count). The van der Waals surface area contributed by atoms with Gasteiger partial charge < -0.3 is 4.52 Å². The standard InChI is InChI=1S/C23H22OP2S2/c1-25(27,20-13-7-3-8-14-20)23(19-11-5-2-6-12-19)22-17-18-24-26(22,28)21-15-9-4-10-16-21/h2-16H,17-18H2,1H3/b23-22-. The van der Waals surface area contributed by atoms with Crippen molar-refractivity contribution in [2.75, 3.05) is 13.3 Å². The highest BCUT2D eigenvalue weighted by atomic mass is 32.4. The van der Waals surface area contributed by atoms with Crippen molar-refractivity contribution >= 4 is 51.8 Å². The van der Waals surface area contributed by atoms with Crippen LogP contribution in [0.15, 0.2) is 96.3 Å². The van der Waals surface area contributed by atoms with Gasteiger partial charge in [-0.3, -0.25) is 0 Å². The molecule has 0 aromatic heterocycles. The summed E-state index contributed by atoms with van der Waals surface area (Å²) in [5, 5.41) is 4.85. The van der Waals surface area contributed by atoms with E-state index in [9.17, 15) is 0 Å². The number of rotatable bonds is 4. The Balaban J connectivity index is 2.01. The van der Waals surface area contributed by atoms with Crippen LogP contribution in [-0.4, -0.2) is 13.3 Å². The molecule has 1 aliphatic rings. The Labute approximate surface area is 177 Å². The molecule has 0 saturated carbocycles. The molecule has 1 fully saturated rings. The molecule has 0 N–H and O–H groups in total. The Kier molecular flexibility index (Phi) is 5.83. The van der Waals surface area contributed by atoms with E-state index in [1.165, 1.54) is 21.5 Å². The van der Waals surface area contributed by atoms with Crippen LogP contribution in [-0.2, 0) is 28.1 Å². The fourth-order valence-electron chi connectivity index (χ4n) is 3.71. The van der Waals surface area contributed by atoms with E-state index in [0.717, 1.165) is 11.7 Å². The van der Waals surface area contributed by atoms with Crippen molar-refractivity contribution in [3.8, 4) is 0 Å². The Morgan fingerprint density at radius 3 is 2.00 bits per heavy atom. The lowest BCUT2D eigenvalue weighted by atomic mass is 10.2. The van der Waals surface area contributed by atoms with Crippen molar-refractivity contribution in [1.82, 2.24) is 0 Å². The Morgan fingerprint density at radius 1 is 0.857 bits per heavy atom. The molecule has 2 atom stereocenters. The predicted molar refractivity (Wildman–Crippen MR) is 131 cm³/mol. The quantitative estimate of drug-likeness (QED) is 0.466. The van der Waals surface area contributed by atoms with Gasteiger partial charge in [0.05, 0.1) is 6.61 Å². The van der Waals surface area contributed by atoms with Gasteiger partial charge in [0.2, 0.25) is 0 Å². The monoisotopic (exact) mass is 440 g/mol. The lowest BCUT2D eigenvalue weighted by Gasteiger charge is -2.28. The first-order chi connectivity index (χ1) is 13.5. The zero-order valence-corrected chi connectivity index (χ0v) is 19.1. The maximum absolute atomic E-state index is 6.37. The summed E-state index contributed by atoms with van der Waals surface area (Å²) in [5.74, 6) is 0. The van der Waals surface area contributed by atoms with Crippen LogP contribution in [0.2, 0.25) is 0 Å². The average molecular weight is 441 g/mol. The second kappa shape index (κ2) is 8.19. The molecule has 2 unspecified atom stereocenters. The van der Waals surface area contributed by atoms with Crippen molar-refractivity contribution in [3.05, 3.63) is 102 Å². The normalized spacial score (nSPS) is 23.2. The third-order valence-electron chi connectivity index (χ3n) is 5.06. The van der Waals surface area contributed by atoms with E-state index < -0.39 is 12.3 Å². The van der Waals surface area contributed by atoms with Crippen molar-refractivity contribution in [2.45, 2.75) is 6.42 Å². The molecular weight excluding hydrogens is 418 g/mol. The smallest absolute Gasteiger partial charge is 0.120 e. The van der Waals surface area contributed by atoms with Gasteiger partial charge in [-0.2, -0.15) is 0 Å². The van der Waals surface area contributed by atoms with E-state index in [4.69, 9.17) is 28.1 Å². The van der Waals surface area contributed by atoms with Crippen LogP contribution in [0.25, 0.3) is 5.31 Å². The van der Waals surface area contributed by atoms with E-state index in [2.05, 4.69) is 67.3 Å². The Morgan fingerprint density at radius 2 is 1.39 bits per heavy atom. The van der Waals surface area contributed by atoms with Crippen LogP contribution in [0.4, 0.5) is 0 Å². The molecule has 0 bridgehead atoms. The molecule has 3 aromatic carbocycles. The van der Waals surface area contributed by atoms with Crippen LogP contribution >= 0.6 is 12.3 Å². The van der Waals surface area contributed by atoms with Gasteiger partial charge >= 0.3 is 0 Å². The first-order valence-electron chi connectivity index (χ1n) is 9.26. The molecule has 1 saturated heterocycles. The van der Waals surface area contributed by atoms with E-state index in [1.807, 2.05) is 30.3 Å². The van der Waals surface area contributed by atoms with E-state index >= 15 is 0 Å². The third kappa shape index (κ3) is 3.63.